The molecule has 2 unspecified atom stereocenters. The highest BCUT2D eigenvalue weighted by atomic mass is 32.2. The molecule has 0 aromatic heterocycles. The summed E-state index contributed by atoms with van der Waals surface area (Å²) in [5.74, 6) is 2.53. The van der Waals surface area contributed by atoms with Crippen molar-refractivity contribution in [3.05, 3.63) is 0 Å². The summed E-state index contributed by atoms with van der Waals surface area (Å²) in [6.45, 7) is 6.65. The lowest BCUT2D eigenvalue weighted by Crippen LogP contribution is -2.32. The minimum absolute atomic E-state index is 0.441. The summed E-state index contributed by atoms with van der Waals surface area (Å²) in [6, 6.07) is 0. The molecule has 0 aliphatic carbocycles. The normalized spacial score (nSPS) is 39.5. The SMILES string of the molecule is CC(C)C1CC[S+]([O-])[C@@H](C)C1. The first-order valence-electron chi connectivity index (χ1n) is 4.48. The third-order valence-electron chi connectivity index (χ3n) is 2.72. The molecule has 0 N–H and O–H groups in total. The van der Waals surface area contributed by atoms with Crippen LogP contribution in [0.5, 0.6) is 0 Å². The van der Waals surface area contributed by atoms with Crippen molar-refractivity contribution in [2.24, 2.45) is 11.8 Å². The highest BCUT2D eigenvalue weighted by Gasteiger charge is 2.30. The monoisotopic (exact) mass is 174 g/mol. The second kappa shape index (κ2) is 3.81. The van der Waals surface area contributed by atoms with Crippen LogP contribution in [0.25, 0.3) is 0 Å². The summed E-state index contributed by atoms with van der Waals surface area (Å²) < 4.78 is 11.3. The van der Waals surface area contributed by atoms with Crippen molar-refractivity contribution >= 4 is 11.2 Å². The van der Waals surface area contributed by atoms with Crippen LogP contribution in [-0.4, -0.2) is 15.6 Å². The highest BCUT2D eigenvalue weighted by Crippen LogP contribution is 2.29. The topological polar surface area (TPSA) is 23.1 Å². The quantitative estimate of drug-likeness (QED) is 0.559. The van der Waals surface area contributed by atoms with Gasteiger partial charge in [-0.15, -0.1) is 0 Å². The Morgan fingerprint density at radius 2 is 2.09 bits per heavy atom. The predicted octanol–water partition coefficient (Wildman–Crippen LogP) is 2.19. The Labute approximate surface area is 72.7 Å². The lowest BCUT2D eigenvalue weighted by molar-refractivity contribution is 0.332. The summed E-state index contributed by atoms with van der Waals surface area (Å²) in [5.41, 5.74) is 0. The molecular weight excluding hydrogens is 156 g/mol. The second-order valence-corrected chi connectivity index (χ2v) is 5.90. The van der Waals surface area contributed by atoms with Crippen LogP contribution in [-0.2, 0) is 11.2 Å². The van der Waals surface area contributed by atoms with Crippen LogP contribution in [0.2, 0.25) is 0 Å². The highest BCUT2D eigenvalue weighted by molar-refractivity contribution is 7.92. The molecule has 1 fully saturated rings. The summed E-state index contributed by atoms with van der Waals surface area (Å²) in [7, 11) is 0. The summed E-state index contributed by atoms with van der Waals surface area (Å²) in [5, 5.41) is 0.441. The van der Waals surface area contributed by atoms with E-state index in [-0.39, 0.29) is 0 Å². The van der Waals surface area contributed by atoms with Gasteiger partial charge in [0.1, 0.15) is 11.0 Å². The average molecular weight is 174 g/mol. The van der Waals surface area contributed by atoms with E-state index in [1.807, 2.05) is 0 Å². The smallest absolute Gasteiger partial charge is 0.113 e. The van der Waals surface area contributed by atoms with Gasteiger partial charge in [0.05, 0.1) is 0 Å². The van der Waals surface area contributed by atoms with E-state index in [9.17, 15) is 4.55 Å². The van der Waals surface area contributed by atoms with Gasteiger partial charge in [-0.3, -0.25) is 0 Å². The Morgan fingerprint density at radius 3 is 2.55 bits per heavy atom. The molecule has 0 saturated carbocycles. The van der Waals surface area contributed by atoms with Crippen LogP contribution in [0.1, 0.15) is 33.6 Å². The van der Waals surface area contributed by atoms with Crippen molar-refractivity contribution in [3.8, 4) is 0 Å². The zero-order valence-electron chi connectivity index (χ0n) is 7.67. The van der Waals surface area contributed by atoms with E-state index in [2.05, 4.69) is 20.8 Å². The lowest BCUT2D eigenvalue weighted by Gasteiger charge is -2.31. The molecule has 0 aromatic carbocycles. The molecule has 0 amide bonds. The molecule has 1 aliphatic heterocycles. The van der Waals surface area contributed by atoms with Crippen molar-refractivity contribution in [2.45, 2.75) is 38.9 Å². The van der Waals surface area contributed by atoms with Gasteiger partial charge in [-0.1, -0.05) is 25.0 Å². The zero-order valence-corrected chi connectivity index (χ0v) is 8.49. The van der Waals surface area contributed by atoms with Gasteiger partial charge >= 0.3 is 0 Å². The third kappa shape index (κ3) is 2.38. The Balaban J connectivity index is 2.40. The summed E-state index contributed by atoms with van der Waals surface area (Å²) in [4.78, 5) is 0. The number of rotatable bonds is 1. The van der Waals surface area contributed by atoms with Crippen LogP contribution in [0.4, 0.5) is 0 Å². The molecule has 3 atom stereocenters. The van der Waals surface area contributed by atoms with E-state index in [0.717, 1.165) is 17.6 Å². The molecule has 0 radical (unpaired) electrons. The molecular formula is C9H18OS. The van der Waals surface area contributed by atoms with E-state index < -0.39 is 11.2 Å². The minimum Gasteiger partial charge on any atom is -0.616 e. The van der Waals surface area contributed by atoms with E-state index in [0.29, 0.717) is 5.25 Å². The molecule has 0 bridgehead atoms. The maximum absolute atomic E-state index is 11.3. The molecule has 0 aromatic rings. The molecule has 66 valence electrons. The number of hydrogen-bond acceptors (Lipinski definition) is 1. The lowest BCUT2D eigenvalue weighted by atomic mass is 9.89. The minimum atomic E-state index is -0.522. The standard InChI is InChI=1S/C9H18OS/c1-7(2)9-4-5-11(10)8(3)6-9/h7-9H,4-6H2,1-3H3/t8-,9?,11?/m0/s1. The molecule has 1 aliphatic rings. The van der Waals surface area contributed by atoms with Gasteiger partial charge in [-0.25, -0.2) is 0 Å². The fourth-order valence-corrected chi connectivity index (χ4v) is 3.13. The molecule has 1 nitrogen and oxygen atoms in total. The van der Waals surface area contributed by atoms with Crippen molar-refractivity contribution in [2.75, 3.05) is 5.75 Å². The van der Waals surface area contributed by atoms with Crippen LogP contribution >= 0.6 is 0 Å². The van der Waals surface area contributed by atoms with Gasteiger partial charge in [-0.05, 0) is 31.6 Å². The Morgan fingerprint density at radius 1 is 1.45 bits per heavy atom. The summed E-state index contributed by atoms with van der Waals surface area (Å²) >= 11 is -0.522. The Kier molecular flexibility index (Phi) is 3.26. The fourth-order valence-electron chi connectivity index (χ4n) is 1.73. The molecule has 2 heteroatoms. The summed E-state index contributed by atoms with van der Waals surface area (Å²) in [6.07, 6.45) is 2.35. The molecule has 0 spiro atoms. The maximum Gasteiger partial charge on any atom is 0.113 e. The largest absolute Gasteiger partial charge is 0.616 e. The van der Waals surface area contributed by atoms with Crippen LogP contribution in [0, 0.1) is 11.8 Å². The van der Waals surface area contributed by atoms with E-state index in [1.165, 1.54) is 12.8 Å². The van der Waals surface area contributed by atoms with E-state index in [1.54, 1.807) is 0 Å². The average Bonchev–Trinajstić information content (AvgIpc) is 1.94. The van der Waals surface area contributed by atoms with Gasteiger partial charge < -0.3 is 4.55 Å². The van der Waals surface area contributed by atoms with Gasteiger partial charge in [0.2, 0.25) is 0 Å². The van der Waals surface area contributed by atoms with Gasteiger partial charge in [0, 0.05) is 0 Å². The number of hydrogen-bond donors (Lipinski definition) is 0. The zero-order chi connectivity index (χ0) is 8.43. The van der Waals surface area contributed by atoms with Crippen LogP contribution in [0.15, 0.2) is 0 Å². The molecule has 1 saturated heterocycles. The second-order valence-electron chi connectivity index (χ2n) is 3.92. The molecule has 11 heavy (non-hydrogen) atoms. The Hall–Kier alpha value is 0.310. The predicted molar refractivity (Wildman–Crippen MR) is 50.0 cm³/mol. The van der Waals surface area contributed by atoms with Gasteiger partial charge in [-0.2, -0.15) is 0 Å². The first-order valence-corrected chi connectivity index (χ1v) is 5.86. The van der Waals surface area contributed by atoms with Gasteiger partial charge in [0.25, 0.3) is 0 Å². The Bertz CT molecular complexity index is 125. The van der Waals surface area contributed by atoms with E-state index in [4.69, 9.17) is 0 Å². The van der Waals surface area contributed by atoms with Gasteiger partial charge in [0.15, 0.2) is 0 Å². The van der Waals surface area contributed by atoms with Crippen LogP contribution < -0.4 is 0 Å². The van der Waals surface area contributed by atoms with Crippen LogP contribution in [0.3, 0.4) is 0 Å². The van der Waals surface area contributed by atoms with Crippen molar-refractivity contribution in [1.82, 2.24) is 0 Å². The first kappa shape index (κ1) is 9.40. The van der Waals surface area contributed by atoms with Crippen molar-refractivity contribution in [1.29, 1.82) is 0 Å². The van der Waals surface area contributed by atoms with Crippen molar-refractivity contribution in [3.63, 3.8) is 0 Å². The first-order chi connectivity index (χ1) is 5.11. The molecule has 1 rings (SSSR count). The maximum atomic E-state index is 11.3. The molecule has 1 heterocycles. The van der Waals surface area contributed by atoms with Crippen molar-refractivity contribution < 1.29 is 4.55 Å². The third-order valence-corrected chi connectivity index (χ3v) is 4.44. The van der Waals surface area contributed by atoms with E-state index >= 15 is 0 Å². The fraction of sp³-hybridized carbons (Fsp3) is 1.00.